The highest BCUT2D eigenvalue weighted by Gasteiger charge is 2.39. The van der Waals surface area contributed by atoms with Crippen LogP contribution in [0, 0.1) is 0 Å². The fourth-order valence-electron chi connectivity index (χ4n) is 5.87. The van der Waals surface area contributed by atoms with Gasteiger partial charge >= 0.3 is 0 Å². The standard InChI is InChI=1S/C28H31N5O5S/c1-39(37,38)13-12-32-11-8-21-20(16-31-9-2-3-10-31)15-23(29-26(21)32)18-4-5-22-19(14-18)17-33(28(22)36)24-6-7-25(34)30-27(24)35/h4-5,8,11,14-15,24H,2-3,6-7,9-10,12-13,16-17H2,1H3,(H,30,34,35). The molecule has 3 aromatic rings. The van der Waals surface area contributed by atoms with E-state index >= 15 is 0 Å². The molecule has 0 aliphatic carbocycles. The maximum Gasteiger partial charge on any atom is 0.255 e. The lowest BCUT2D eigenvalue weighted by atomic mass is 10.0. The third-order valence-corrected chi connectivity index (χ3v) is 8.86. The molecule has 11 heteroatoms. The Balaban J connectivity index is 1.35. The number of aryl methyl sites for hydroxylation is 1. The molecule has 0 radical (unpaired) electrons. The van der Waals surface area contributed by atoms with Crippen LogP contribution in [0.15, 0.2) is 36.5 Å². The summed E-state index contributed by atoms with van der Waals surface area (Å²) in [4.78, 5) is 46.1. The largest absolute Gasteiger partial charge is 0.331 e. The molecule has 2 aromatic heterocycles. The minimum Gasteiger partial charge on any atom is -0.331 e. The van der Waals surface area contributed by atoms with Crippen molar-refractivity contribution in [2.24, 2.45) is 0 Å². The van der Waals surface area contributed by atoms with Crippen molar-refractivity contribution in [3.8, 4) is 11.3 Å². The Hall–Kier alpha value is -3.57. The first-order valence-electron chi connectivity index (χ1n) is 13.3. The van der Waals surface area contributed by atoms with E-state index in [4.69, 9.17) is 4.98 Å². The number of carbonyl (C=O) groups excluding carboxylic acids is 3. The van der Waals surface area contributed by atoms with Gasteiger partial charge in [-0.15, -0.1) is 0 Å². The third-order valence-electron chi connectivity index (χ3n) is 7.93. The van der Waals surface area contributed by atoms with Crippen molar-refractivity contribution in [2.75, 3.05) is 25.1 Å². The van der Waals surface area contributed by atoms with Gasteiger partial charge in [-0.25, -0.2) is 13.4 Å². The number of piperidine rings is 1. The fraction of sp³-hybridized carbons (Fsp3) is 0.429. The molecule has 1 unspecified atom stereocenters. The van der Waals surface area contributed by atoms with Gasteiger partial charge in [0, 0.05) is 55.0 Å². The highest BCUT2D eigenvalue weighted by Crippen LogP contribution is 2.33. The van der Waals surface area contributed by atoms with Crippen LogP contribution in [0.2, 0.25) is 0 Å². The van der Waals surface area contributed by atoms with Crippen LogP contribution in [0.25, 0.3) is 22.3 Å². The van der Waals surface area contributed by atoms with Crippen LogP contribution < -0.4 is 5.32 Å². The van der Waals surface area contributed by atoms with Crippen LogP contribution in [0.3, 0.4) is 0 Å². The number of likely N-dealkylation sites (tertiary alicyclic amines) is 1. The number of rotatable bonds is 7. The summed E-state index contributed by atoms with van der Waals surface area (Å²) in [5.74, 6) is -0.920. The number of imide groups is 1. The van der Waals surface area contributed by atoms with E-state index in [2.05, 4.69) is 16.3 Å². The Morgan fingerprint density at radius 2 is 1.87 bits per heavy atom. The molecular formula is C28H31N5O5S. The van der Waals surface area contributed by atoms with Gasteiger partial charge in [0.05, 0.1) is 11.4 Å². The van der Waals surface area contributed by atoms with E-state index in [9.17, 15) is 22.8 Å². The monoisotopic (exact) mass is 549 g/mol. The van der Waals surface area contributed by atoms with Crippen LogP contribution in [0.5, 0.6) is 0 Å². The van der Waals surface area contributed by atoms with Crippen LogP contribution in [0.4, 0.5) is 0 Å². The molecule has 1 N–H and O–H groups in total. The first kappa shape index (κ1) is 25.7. The zero-order valence-electron chi connectivity index (χ0n) is 21.9. The molecule has 0 spiro atoms. The lowest BCUT2D eigenvalue weighted by Crippen LogP contribution is -2.52. The molecule has 204 valence electrons. The van der Waals surface area contributed by atoms with Crippen molar-refractivity contribution in [1.29, 1.82) is 0 Å². The molecule has 39 heavy (non-hydrogen) atoms. The minimum atomic E-state index is -3.13. The fourth-order valence-corrected chi connectivity index (χ4v) is 6.40. The number of benzene rings is 1. The Bertz CT molecular complexity index is 1610. The zero-order valence-corrected chi connectivity index (χ0v) is 22.7. The highest BCUT2D eigenvalue weighted by atomic mass is 32.2. The van der Waals surface area contributed by atoms with Crippen LogP contribution in [-0.2, 0) is 39.1 Å². The van der Waals surface area contributed by atoms with Gasteiger partial charge in [0.2, 0.25) is 11.8 Å². The predicted molar refractivity (Wildman–Crippen MR) is 145 cm³/mol. The van der Waals surface area contributed by atoms with Gasteiger partial charge in [-0.05, 0) is 67.7 Å². The van der Waals surface area contributed by atoms with Crippen molar-refractivity contribution >= 4 is 38.6 Å². The SMILES string of the molecule is CS(=O)(=O)CCn1ccc2c(CN3CCCC3)cc(-c3ccc4c(c3)CN(C3CCC(=O)NC3=O)C4=O)nc21. The normalized spacial score (nSPS) is 20.2. The number of aromatic nitrogens is 2. The van der Waals surface area contributed by atoms with E-state index in [1.54, 1.807) is 11.0 Å². The van der Waals surface area contributed by atoms with Gasteiger partial charge in [-0.2, -0.15) is 0 Å². The number of hydrogen-bond acceptors (Lipinski definition) is 7. The van der Waals surface area contributed by atoms with Gasteiger partial charge in [0.25, 0.3) is 5.91 Å². The van der Waals surface area contributed by atoms with Crippen molar-refractivity contribution < 1.29 is 22.8 Å². The van der Waals surface area contributed by atoms with Gasteiger partial charge in [-0.3, -0.25) is 24.6 Å². The van der Waals surface area contributed by atoms with Crippen molar-refractivity contribution in [1.82, 2.24) is 24.7 Å². The maximum absolute atomic E-state index is 13.1. The average molecular weight is 550 g/mol. The van der Waals surface area contributed by atoms with E-state index in [1.165, 1.54) is 19.1 Å². The maximum atomic E-state index is 13.1. The van der Waals surface area contributed by atoms with Crippen LogP contribution in [-0.4, -0.2) is 76.6 Å². The number of nitrogens with zero attached hydrogens (tertiary/aromatic N) is 4. The van der Waals surface area contributed by atoms with Gasteiger partial charge < -0.3 is 9.47 Å². The molecule has 10 nitrogen and oxygen atoms in total. The van der Waals surface area contributed by atoms with Gasteiger partial charge in [0.1, 0.15) is 21.5 Å². The summed E-state index contributed by atoms with van der Waals surface area (Å²) < 4.78 is 25.6. The second-order valence-electron chi connectivity index (χ2n) is 10.8. The Morgan fingerprint density at radius 3 is 2.62 bits per heavy atom. The Kier molecular flexibility index (Phi) is 6.50. The van der Waals surface area contributed by atoms with E-state index in [0.29, 0.717) is 25.1 Å². The topological polar surface area (TPSA) is 122 Å². The third kappa shape index (κ3) is 5.08. The molecule has 3 aliphatic heterocycles. The van der Waals surface area contributed by atoms with E-state index in [-0.39, 0.29) is 24.0 Å². The summed E-state index contributed by atoms with van der Waals surface area (Å²) in [6.45, 7) is 3.49. The Morgan fingerprint density at radius 1 is 1.08 bits per heavy atom. The second-order valence-corrected chi connectivity index (χ2v) is 13.1. The summed E-state index contributed by atoms with van der Waals surface area (Å²) in [6, 6.07) is 9.06. The molecule has 0 bridgehead atoms. The van der Waals surface area contributed by atoms with Crippen LogP contribution in [0.1, 0.15) is 47.2 Å². The molecule has 1 atom stereocenters. The lowest BCUT2D eigenvalue weighted by Gasteiger charge is -2.29. The summed E-state index contributed by atoms with van der Waals surface area (Å²) in [7, 11) is -3.13. The summed E-state index contributed by atoms with van der Waals surface area (Å²) >= 11 is 0. The van der Waals surface area contributed by atoms with E-state index in [0.717, 1.165) is 53.1 Å². The summed E-state index contributed by atoms with van der Waals surface area (Å²) in [5, 5.41) is 3.35. The predicted octanol–water partition coefficient (Wildman–Crippen LogP) is 2.10. The molecule has 2 saturated heterocycles. The minimum absolute atomic E-state index is 0.0290. The average Bonchev–Trinajstić information content (AvgIpc) is 3.62. The van der Waals surface area contributed by atoms with E-state index < -0.39 is 21.8 Å². The van der Waals surface area contributed by atoms with Crippen molar-refractivity contribution in [3.63, 3.8) is 0 Å². The Labute approximate surface area is 226 Å². The molecule has 3 aliphatic rings. The van der Waals surface area contributed by atoms with Crippen LogP contribution >= 0.6 is 0 Å². The number of hydrogen-bond donors (Lipinski definition) is 1. The first-order chi connectivity index (χ1) is 18.7. The number of pyridine rings is 1. The molecule has 5 heterocycles. The quantitative estimate of drug-likeness (QED) is 0.448. The van der Waals surface area contributed by atoms with E-state index in [1.807, 2.05) is 29.0 Å². The van der Waals surface area contributed by atoms with Crippen molar-refractivity contribution in [3.05, 3.63) is 53.2 Å². The van der Waals surface area contributed by atoms with Gasteiger partial charge in [-0.1, -0.05) is 6.07 Å². The molecule has 2 fully saturated rings. The van der Waals surface area contributed by atoms with Gasteiger partial charge in [0.15, 0.2) is 0 Å². The molecule has 3 amide bonds. The second kappa shape index (κ2) is 9.87. The number of fused-ring (bicyclic) bond motifs is 2. The molecule has 1 aromatic carbocycles. The smallest absolute Gasteiger partial charge is 0.255 e. The summed E-state index contributed by atoms with van der Waals surface area (Å²) in [6.07, 6.45) is 6.03. The molecular weight excluding hydrogens is 518 g/mol. The number of sulfone groups is 1. The van der Waals surface area contributed by atoms with Crippen molar-refractivity contribution in [2.45, 2.75) is 51.4 Å². The highest BCUT2D eigenvalue weighted by molar-refractivity contribution is 7.90. The number of nitrogens with one attached hydrogen (secondary N) is 1. The summed E-state index contributed by atoms with van der Waals surface area (Å²) in [5.41, 5.74) is 4.86. The number of amides is 3. The first-order valence-corrected chi connectivity index (χ1v) is 15.4. The zero-order chi connectivity index (χ0) is 27.3. The molecule has 0 saturated carbocycles. The number of carbonyl (C=O) groups is 3. The lowest BCUT2D eigenvalue weighted by molar-refractivity contribution is -0.136. The molecule has 6 rings (SSSR count).